The van der Waals surface area contributed by atoms with Crippen molar-refractivity contribution in [1.29, 1.82) is 0 Å². The maximum atomic E-state index is 12.1. The molecule has 1 aliphatic heterocycles. The molecular weight excluding hydrogens is 270 g/mol. The highest BCUT2D eigenvalue weighted by atomic mass is 16.6. The van der Waals surface area contributed by atoms with E-state index in [0.717, 1.165) is 32.4 Å². The summed E-state index contributed by atoms with van der Waals surface area (Å²) in [5.41, 5.74) is -0.229. The lowest BCUT2D eigenvalue weighted by Gasteiger charge is -2.44. The zero-order chi connectivity index (χ0) is 15.7. The fraction of sp³-hybridized carbons (Fsp3) is 0.875. The van der Waals surface area contributed by atoms with Crippen LogP contribution in [0.15, 0.2) is 0 Å². The summed E-state index contributed by atoms with van der Waals surface area (Å²) in [5, 5.41) is 0. The third-order valence-corrected chi connectivity index (χ3v) is 4.29. The number of nitrogens with zero attached hydrogens (tertiary/aromatic N) is 1. The minimum atomic E-state index is -0.446. The van der Waals surface area contributed by atoms with Gasteiger partial charge >= 0.3 is 12.1 Å². The van der Waals surface area contributed by atoms with Gasteiger partial charge in [0.25, 0.3) is 0 Å². The fourth-order valence-corrected chi connectivity index (χ4v) is 3.52. The third-order valence-electron chi connectivity index (χ3n) is 4.29. The Labute approximate surface area is 127 Å². The van der Waals surface area contributed by atoms with Crippen molar-refractivity contribution in [3.63, 3.8) is 0 Å². The van der Waals surface area contributed by atoms with Crippen LogP contribution in [-0.2, 0) is 14.3 Å². The van der Waals surface area contributed by atoms with E-state index in [1.807, 2.05) is 32.6 Å². The fourth-order valence-electron chi connectivity index (χ4n) is 3.52. The van der Waals surface area contributed by atoms with Crippen LogP contribution < -0.4 is 0 Å². The van der Waals surface area contributed by atoms with E-state index in [-0.39, 0.29) is 17.5 Å². The van der Waals surface area contributed by atoms with Gasteiger partial charge in [0.1, 0.15) is 5.60 Å². The van der Waals surface area contributed by atoms with Gasteiger partial charge in [-0.25, -0.2) is 4.79 Å². The number of ether oxygens (including phenoxy) is 2. The smallest absolute Gasteiger partial charge is 0.410 e. The molecule has 0 unspecified atom stereocenters. The first-order chi connectivity index (χ1) is 9.73. The van der Waals surface area contributed by atoms with Crippen molar-refractivity contribution in [3.05, 3.63) is 0 Å². The van der Waals surface area contributed by atoms with Crippen molar-refractivity contribution in [2.75, 3.05) is 19.7 Å². The standard InChI is InChI=1S/C16H27NO4/c1-5-20-13(18)8-12-9-16(10-12)6-7-17(11-16)14(19)21-15(2,3)4/h12H,5-11H2,1-4H3. The van der Waals surface area contributed by atoms with Gasteiger partial charge in [0.15, 0.2) is 0 Å². The van der Waals surface area contributed by atoms with Gasteiger partial charge in [0, 0.05) is 19.5 Å². The van der Waals surface area contributed by atoms with E-state index in [4.69, 9.17) is 9.47 Å². The second-order valence-corrected chi connectivity index (χ2v) is 7.44. The summed E-state index contributed by atoms with van der Waals surface area (Å²) in [7, 11) is 0. The number of hydrogen-bond acceptors (Lipinski definition) is 4. The quantitative estimate of drug-likeness (QED) is 0.751. The minimum Gasteiger partial charge on any atom is -0.466 e. The molecule has 0 bridgehead atoms. The Morgan fingerprint density at radius 1 is 1.29 bits per heavy atom. The van der Waals surface area contributed by atoms with Crippen LogP contribution in [0.1, 0.15) is 53.4 Å². The largest absolute Gasteiger partial charge is 0.466 e. The average molecular weight is 297 g/mol. The molecule has 2 aliphatic rings. The van der Waals surface area contributed by atoms with Gasteiger partial charge in [-0.05, 0) is 58.3 Å². The maximum absolute atomic E-state index is 12.1. The predicted molar refractivity (Wildman–Crippen MR) is 78.8 cm³/mol. The first-order valence-electron chi connectivity index (χ1n) is 7.86. The van der Waals surface area contributed by atoms with Crippen molar-refractivity contribution >= 4 is 12.1 Å². The Morgan fingerprint density at radius 2 is 1.95 bits per heavy atom. The summed E-state index contributed by atoms with van der Waals surface area (Å²) in [4.78, 5) is 25.3. The number of carbonyl (C=O) groups is 2. The first-order valence-corrected chi connectivity index (χ1v) is 7.86. The number of amides is 1. The molecule has 120 valence electrons. The molecule has 0 atom stereocenters. The Morgan fingerprint density at radius 3 is 2.52 bits per heavy atom. The average Bonchev–Trinajstić information content (AvgIpc) is 2.71. The molecule has 0 radical (unpaired) electrons. The summed E-state index contributed by atoms with van der Waals surface area (Å²) >= 11 is 0. The zero-order valence-electron chi connectivity index (χ0n) is 13.6. The molecule has 1 saturated heterocycles. The molecule has 2 fully saturated rings. The van der Waals surface area contributed by atoms with E-state index in [1.54, 1.807) is 0 Å². The molecule has 0 aromatic heterocycles. The van der Waals surface area contributed by atoms with E-state index in [2.05, 4.69) is 0 Å². The third kappa shape index (κ3) is 4.11. The topological polar surface area (TPSA) is 55.8 Å². The monoisotopic (exact) mass is 297 g/mol. The molecule has 0 aromatic carbocycles. The lowest BCUT2D eigenvalue weighted by atomic mass is 9.60. The van der Waals surface area contributed by atoms with E-state index in [0.29, 0.717) is 18.9 Å². The van der Waals surface area contributed by atoms with Crippen molar-refractivity contribution in [1.82, 2.24) is 4.90 Å². The molecule has 5 heteroatoms. The van der Waals surface area contributed by atoms with Crippen LogP contribution in [0.25, 0.3) is 0 Å². The number of hydrogen-bond donors (Lipinski definition) is 0. The van der Waals surface area contributed by atoms with Crippen LogP contribution in [0.3, 0.4) is 0 Å². The zero-order valence-corrected chi connectivity index (χ0v) is 13.6. The van der Waals surface area contributed by atoms with E-state index < -0.39 is 5.60 Å². The molecule has 1 heterocycles. The number of likely N-dealkylation sites (tertiary alicyclic amines) is 1. The molecule has 0 aromatic rings. The van der Waals surface area contributed by atoms with Gasteiger partial charge in [0.2, 0.25) is 0 Å². The predicted octanol–water partition coefficient (Wildman–Crippen LogP) is 2.98. The van der Waals surface area contributed by atoms with Crippen molar-refractivity contribution in [2.24, 2.45) is 11.3 Å². The second kappa shape index (κ2) is 5.85. The Bertz CT molecular complexity index is 407. The minimum absolute atomic E-state index is 0.0978. The molecule has 1 spiro atoms. The van der Waals surface area contributed by atoms with Crippen molar-refractivity contribution in [3.8, 4) is 0 Å². The summed E-state index contributed by atoms with van der Waals surface area (Å²) in [5.74, 6) is 0.321. The molecule has 2 rings (SSSR count). The molecule has 5 nitrogen and oxygen atoms in total. The van der Waals surface area contributed by atoms with Gasteiger partial charge in [-0.3, -0.25) is 4.79 Å². The van der Waals surface area contributed by atoms with E-state index in [9.17, 15) is 9.59 Å². The van der Waals surface area contributed by atoms with Crippen LogP contribution in [-0.4, -0.2) is 42.3 Å². The van der Waals surface area contributed by atoms with Gasteiger partial charge < -0.3 is 14.4 Å². The van der Waals surface area contributed by atoms with Crippen molar-refractivity contribution in [2.45, 2.75) is 59.0 Å². The van der Waals surface area contributed by atoms with Gasteiger partial charge in [-0.15, -0.1) is 0 Å². The Hall–Kier alpha value is -1.26. The summed E-state index contributed by atoms with van der Waals surface area (Å²) in [6.07, 6.45) is 3.36. The Kier molecular flexibility index (Phi) is 4.49. The highest BCUT2D eigenvalue weighted by Crippen LogP contribution is 2.53. The number of rotatable bonds is 3. The van der Waals surface area contributed by atoms with Gasteiger partial charge in [0.05, 0.1) is 6.61 Å². The van der Waals surface area contributed by atoms with Crippen LogP contribution in [0.2, 0.25) is 0 Å². The molecule has 21 heavy (non-hydrogen) atoms. The highest BCUT2D eigenvalue weighted by molar-refractivity contribution is 5.70. The maximum Gasteiger partial charge on any atom is 0.410 e. The summed E-state index contributed by atoms with van der Waals surface area (Å²) in [6.45, 7) is 9.46. The van der Waals surface area contributed by atoms with E-state index in [1.165, 1.54) is 0 Å². The SMILES string of the molecule is CCOC(=O)CC1CC2(CCN(C(=O)OC(C)(C)C)C2)C1. The second-order valence-electron chi connectivity index (χ2n) is 7.44. The molecule has 1 saturated carbocycles. The molecule has 0 N–H and O–H groups in total. The molecule has 1 aliphatic carbocycles. The summed E-state index contributed by atoms with van der Waals surface area (Å²) in [6, 6.07) is 0. The first kappa shape index (κ1) is 16.1. The van der Waals surface area contributed by atoms with Crippen LogP contribution >= 0.6 is 0 Å². The molecular formula is C16H27NO4. The Balaban J connectivity index is 1.77. The normalized spacial score (nSPS) is 28.4. The van der Waals surface area contributed by atoms with Crippen molar-refractivity contribution < 1.29 is 19.1 Å². The molecule has 1 amide bonds. The lowest BCUT2D eigenvalue weighted by Crippen LogP contribution is -2.42. The number of carbonyl (C=O) groups excluding carboxylic acids is 2. The van der Waals surface area contributed by atoms with Crippen LogP contribution in [0.4, 0.5) is 4.79 Å². The van der Waals surface area contributed by atoms with Gasteiger partial charge in [-0.2, -0.15) is 0 Å². The number of esters is 1. The van der Waals surface area contributed by atoms with Gasteiger partial charge in [-0.1, -0.05) is 0 Å². The lowest BCUT2D eigenvalue weighted by molar-refractivity contribution is -0.146. The highest BCUT2D eigenvalue weighted by Gasteiger charge is 2.50. The summed E-state index contributed by atoms with van der Waals surface area (Å²) < 4.78 is 10.4. The van der Waals surface area contributed by atoms with Crippen LogP contribution in [0, 0.1) is 11.3 Å². The van der Waals surface area contributed by atoms with E-state index >= 15 is 0 Å². The van der Waals surface area contributed by atoms with Crippen LogP contribution in [0.5, 0.6) is 0 Å².